The Morgan fingerprint density at radius 1 is 1.18 bits per heavy atom. The van der Waals surface area contributed by atoms with Crippen molar-refractivity contribution in [3.8, 4) is 16.9 Å². The van der Waals surface area contributed by atoms with E-state index >= 15 is 4.39 Å². The molecule has 1 aromatic carbocycles. The molecule has 2 N–H and O–H groups in total. The maximum Gasteiger partial charge on any atom is 0.247 e. The summed E-state index contributed by atoms with van der Waals surface area (Å²) in [4.78, 5) is 22.9. The lowest BCUT2D eigenvalue weighted by molar-refractivity contribution is -0.129. The van der Waals surface area contributed by atoms with Crippen molar-refractivity contribution in [1.82, 2.24) is 45.3 Å². The van der Waals surface area contributed by atoms with Crippen LogP contribution in [-0.2, 0) is 4.79 Å². The lowest BCUT2D eigenvalue weighted by Crippen LogP contribution is -2.39. The first kappa shape index (κ1) is 21.0. The molecule has 0 aliphatic carbocycles. The Kier molecular flexibility index (Phi) is 4.96. The second-order valence-electron chi connectivity index (χ2n) is 8.16. The largest absolute Gasteiger partial charge is 0.340 e. The number of amides is 1. The monoisotopic (exact) mass is 499 g/mol. The minimum Gasteiger partial charge on any atom is -0.340 e. The van der Waals surface area contributed by atoms with Gasteiger partial charge in [0.05, 0.1) is 40.4 Å². The van der Waals surface area contributed by atoms with E-state index in [-0.39, 0.29) is 28.6 Å². The number of nitrogens with zero attached hydrogens (tertiary/aromatic N) is 7. The van der Waals surface area contributed by atoms with E-state index in [0.29, 0.717) is 39.9 Å². The van der Waals surface area contributed by atoms with Crippen LogP contribution in [-0.4, -0.2) is 57.2 Å². The number of H-pyrrole nitrogens is 2. The van der Waals surface area contributed by atoms with Gasteiger partial charge in [-0.2, -0.15) is 9.78 Å². The van der Waals surface area contributed by atoms with Crippen LogP contribution in [0.25, 0.3) is 22.5 Å². The Bertz CT molecular complexity index is 1430. The topological polar surface area (TPSA) is 121 Å². The summed E-state index contributed by atoms with van der Waals surface area (Å²) in [7, 11) is 0. The molecule has 2 atom stereocenters. The first-order valence-electron chi connectivity index (χ1n) is 10.5. The van der Waals surface area contributed by atoms with E-state index in [9.17, 15) is 4.79 Å². The van der Waals surface area contributed by atoms with Gasteiger partial charge in [-0.05, 0) is 47.4 Å². The van der Waals surface area contributed by atoms with Crippen molar-refractivity contribution in [1.29, 1.82) is 0 Å². The van der Waals surface area contributed by atoms with Crippen LogP contribution in [0.1, 0.15) is 36.7 Å². The zero-order chi connectivity index (χ0) is 23.4. The molecular weight excluding hydrogens is 484 g/mol. The highest BCUT2D eigenvalue weighted by Crippen LogP contribution is 2.44. The van der Waals surface area contributed by atoms with Gasteiger partial charge < -0.3 is 9.88 Å². The molecule has 0 radical (unpaired) electrons. The van der Waals surface area contributed by atoms with Crippen LogP contribution in [0.2, 0.25) is 10.2 Å². The molecule has 2 aliphatic heterocycles. The Hall–Kier alpha value is -3.57. The minimum atomic E-state index is -0.607. The molecule has 13 heteroatoms. The maximum absolute atomic E-state index is 15.2. The Morgan fingerprint density at radius 3 is 2.82 bits per heavy atom. The maximum atomic E-state index is 15.2. The number of carbonyl (C=O) groups is 1. The summed E-state index contributed by atoms with van der Waals surface area (Å²) in [6, 6.07) is 2.75. The number of hydrogen-bond acceptors (Lipinski definition) is 6. The van der Waals surface area contributed by atoms with E-state index < -0.39 is 5.82 Å². The van der Waals surface area contributed by atoms with Crippen molar-refractivity contribution in [3.63, 3.8) is 0 Å². The van der Waals surface area contributed by atoms with E-state index in [2.05, 4.69) is 35.7 Å². The predicted molar refractivity (Wildman–Crippen MR) is 121 cm³/mol. The fourth-order valence-electron chi connectivity index (χ4n) is 4.81. The molecule has 2 aliphatic rings. The number of aromatic amines is 2. The molecule has 0 saturated carbocycles. The number of tetrazole rings is 1. The normalized spacial score (nSPS) is 20.0. The van der Waals surface area contributed by atoms with Gasteiger partial charge in [-0.3, -0.25) is 9.89 Å². The first-order chi connectivity index (χ1) is 16.5. The number of imidazole rings is 1. The number of rotatable bonds is 4. The van der Waals surface area contributed by atoms with Gasteiger partial charge in [-0.25, -0.2) is 9.37 Å². The Labute approximate surface area is 201 Å². The standard InChI is InChI=1S/C21H16Cl2FN9O/c22-13-2-4-15(32-9-27-30-31-32)18(19(13)24)10-5-11-1-3-16(33(11)17(34)6-10)21-25-8-14(28-21)12-7-26-29-20(12)23/h2,4,6-9,11,16H,1,3,5H2,(H,25,28)(H,26,29)/t11?,16-/m0/s1. The summed E-state index contributed by atoms with van der Waals surface area (Å²) >= 11 is 12.2. The number of halogens is 3. The molecule has 0 spiro atoms. The number of nitrogens with one attached hydrogen (secondary N) is 2. The fourth-order valence-corrected chi connectivity index (χ4v) is 5.16. The molecule has 5 heterocycles. The average molecular weight is 500 g/mol. The molecule has 0 bridgehead atoms. The van der Waals surface area contributed by atoms with Gasteiger partial charge in [-0.1, -0.05) is 23.2 Å². The molecule has 1 fully saturated rings. The third-order valence-corrected chi connectivity index (χ3v) is 6.87. The highest BCUT2D eigenvalue weighted by Gasteiger charge is 2.42. The molecule has 4 aromatic rings. The third-order valence-electron chi connectivity index (χ3n) is 6.29. The van der Waals surface area contributed by atoms with Gasteiger partial charge in [-0.15, -0.1) is 5.10 Å². The molecule has 1 saturated heterocycles. The molecular formula is C21H16Cl2FN9O. The SMILES string of the molecule is O=C1C=C(c2c(-n3cnnn3)ccc(Cl)c2F)CC2CC[C@@H](c3ncc(-c4cn[nH]c4Cl)[nH]3)N12. The van der Waals surface area contributed by atoms with Crippen molar-refractivity contribution in [2.45, 2.75) is 31.3 Å². The van der Waals surface area contributed by atoms with Crippen molar-refractivity contribution in [2.75, 3.05) is 0 Å². The van der Waals surface area contributed by atoms with Crippen LogP contribution >= 0.6 is 23.2 Å². The van der Waals surface area contributed by atoms with Crippen LogP contribution < -0.4 is 0 Å². The third kappa shape index (κ3) is 3.31. The van der Waals surface area contributed by atoms with Gasteiger partial charge in [0.15, 0.2) is 5.82 Å². The highest BCUT2D eigenvalue weighted by atomic mass is 35.5. The second-order valence-corrected chi connectivity index (χ2v) is 8.94. The van der Waals surface area contributed by atoms with E-state index in [1.165, 1.54) is 23.2 Å². The van der Waals surface area contributed by atoms with Crippen LogP contribution in [0.5, 0.6) is 0 Å². The van der Waals surface area contributed by atoms with Crippen LogP contribution in [0.15, 0.2) is 36.9 Å². The molecule has 3 aromatic heterocycles. The molecule has 172 valence electrons. The van der Waals surface area contributed by atoms with Gasteiger partial charge in [0.2, 0.25) is 5.91 Å². The zero-order valence-electron chi connectivity index (χ0n) is 17.4. The smallest absolute Gasteiger partial charge is 0.247 e. The summed E-state index contributed by atoms with van der Waals surface area (Å²) in [5.74, 6) is -0.150. The predicted octanol–water partition coefficient (Wildman–Crippen LogP) is 3.74. The van der Waals surface area contributed by atoms with Crippen molar-refractivity contribution in [2.24, 2.45) is 0 Å². The summed E-state index contributed by atoms with van der Waals surface area (Å²) < 4.78 is 16.6. The van der Waals surface area contributed by atoms with Gasteiger partial charge in [0.1, 0.15) is 17.3 Å². The average Bonchev–Trinajstić information content (AvgIpc) is 3.61. The Balaban J connectivity index is 1.34. The molecule has 6 rings (SSSR count). The van der Waals surface area contributed by atoms with E-state index in [1.54, 1.807) is 18.5 Å². The van der Waals surface area contributed by atoms with Crippen molar-refractivity contribution < 1.29 is 9.18 Å². The number of carbonyl (C=O) groups excluding carboxylic acids is 1. The first-order valence-corrected chi connectivity index (χ1v) is 11.3. The van der Waals surface area contributed by atoms with E-state index in [4.69, 9.17) is 23.2 Å². The molecule has 1 amide bonds. The number of hydrogen-bond donors (Lipinski definition) is 2. The quantitative estimate of drug-likeness (QED) is 0.441. The second kappa shape index (κ2) is 8.03. The van der Waals surface area contributed by atoms with Gasteiger partial charge in [0, 0.05) is 17.7 Å². The number of benzene rings is 1. The molecule has 34 heavy (non-hydrogen) atoms. The van der Waals surface area contributed by atoms with E-state index in [0.717, 1.165) is 12.8 Å². The summed E-state index contributed by atoms with van der Waals surface area (Å²) in [6.07, 6.45) is 8.06. The number of aromatic nitrogens is 8. The lowest BCUT2D eigenvalue weighted by Gasteiger charge is -2.33. The van der Waals surface area contributed by atoms with Crippen molar-refractivity contribution in [3.05, 3.63) is 64.3 Å². The lowest BCUT2D eigenvalue weighted by atomic mass is 9.92. The summed E-state index contributed by atoms with van der Waals surface area (Å²) in [5.41, 5.74) is 2.62. The van der Waals surface area contributed by atoms with E-state index in [1.807, 2.05) is 4.90 Å². The zero-order valence-corrected chi connectivity index (χ0v) is 18.9. The van der Waals surface area contributed by atoms with Crippen LogP contribution in [0.3, 0.4) is 0 Å². The van der Waals surface area contributed by atoms with Gasteiger partial charge in [0.25, 0.3) is 0 Å². The highest BCUT2D eigenvalue weighted by molar-refractivity contribution is 6.32. The van der Waals surface area contributed by atoms with Crippen LogP contribution in [0.4, 0.5) is 4.39 Å². The minimum absolute atomic E-state index is 0.0343. The summed E-state index contributed by atoms with van der Waals surface area (Å²) in [6.45, 7) is 0. The van der Waals surface area contributed by atoms with Crippen LogP contribution in [0, 0.1) is 5.82 Å². The molecule has 1 unspecified atom stereocenters. The number of fused-ring (bicyclic) bond motifs is 1. The summed E-state index contributed by atoms with van der Waals surface area (Å²) in [5, 5.41) is 18.1. The van der Waals surface area contributed by atoms with Crippen molar-refractivity contribution >= 4 is 34.7 Å². The Morgan fingerprint density at radius 2 is 2.06 bits per heavy atom. The van der Waals surface area contributed by atoms with Gasteiger partial charge >= 0.3 is 0 Å². The fraction of sp³-hybridized carbons (Fsp3) is 0.238. The molecule has 10 nitrogen and oxygen atoms in total.